The van der Waals surface area contributed by atoms with Gasteiger partial charge in [-0.25, -0.2) is 0 Å². The number of hydrogen-bond acceptors (Lipinski definition) is 2. The SMILES string of the molecule is CN(C)c1ccc(Br)c([Si](c2ccccc2)(c2ccccc2)c2cc(N(C)C)ccc2Br)c1. The maximum absolute atomic E-state index is 3.97. The van der Waals surface area contributed by atoms with Crippen LogP contribution in [0.5, 0.6) is 0 Å². The normalized spacial score (nSPS) is 11.3. The third-order valence-electron chi connectivity index (χ3n) is 6.15. The second-order valence-corrected chi connectivity index (χ2v) is 14.0. The Balaban J connectivity index is 2.22. The van der Waals surface area contributed by atoms with E-state index in [0.717, 1.165) is 8.95 Å². The molecule has 4 aromatic carbocycles. The van der Waals surface area contributed by atoms with Crippen LogP contribution in [0.25, 0.3) is 0 Å². The van der Waals surface area contributed by atoms with E-state index in [1.54, 1.807) is 0 Å². The van der Waals surface area contributed by atoms with E-state index in [4.69, 9.17) is 0 Å². The first-order valence-electron chi connectivity index (χ1n) is 10.9. The first-order chi connectivity index (χ1) is 15.9. The molecule has 33 heavy (non-hydrogen) atoms. The fourth-order valence-electron chi connectivity index (χ4n) is 4.47. The van der Waals surface area contributed by atoms with Gasteiger partial charge in [-0.1, -0.05) is 92.5 Å². The molecular weight excluding hydrogens is 552 g/mol. The first kappa shape index (κ1) is 23.8. The van der Waals surface area contributed by atoms with Crippen LogP contribution in [0.1, 0.15) is 0 Å². The predicted molar refractivity (Wildman–Crippen MR) is 154 cm³/mol. The highest BCUT2D eigenvalue weighted by Gasteiger charge is 2.44. The topological polar surface area (TPSA) is 6.48 Å². The molecule has 0 aliphatic carbocycles. The van der Waals surface area contributed by atoms with E-state index in [2.05, 4.69) is 167 Å². The van der Waals surface area contributed by atoms with Crippen molar-refractivity contribution in [1.29, 1.82) is 0 Å². The van der Waals surface area contributed by atoms with Gasteiger partial charge in [-0.15, -0.1) is 0 Å². The smallest absolute Gasteiger partial charge is 0.182 e. The number of hydrogen-bond donors (Lipinski definition) is 0. The molecule has 0 atom stereocenters. The molecule has 0 radical (unpaired) electrons. The van der Waals surface area contributed by atoms with Gasteiger partial charge in [0, 0.05) is 48.5 Å². The van der Waals surface area contributed by atoms with Crippen LogP contribution in [0, 0.1) is 0 Å². The quantitative estimate of drug-likeness (QED) is 0.241. The van der Waals surface area contributed by atoms with Crippen molar-refractivity contribution in [2.45, 2.75) is 0 Å². The van der Waals surface area contributed by atoms with E-state index < -0.39 is 8.07 Å². The lowest BCUT2D eigenvalue weighted by Gasteiger charge is -2.37. The summed E-state index contributed by atoms with van der Waals surface area (Å²) in [4.78, 5) is 4.35. The maximum Gasteiger partial charge on any atom is 0.182 e. The average molecular weight is 580 g/mol. The van der Waals surface area contributed by atoms with E-state index in [9.17, 15) is 0 Å². The summed E-state index contributed by atoms with van der Waals surface area (Å²) >= 11 is 7.94. The van der Waals surface area contributed by atoms with Gasteiger partial charge < -0.3 is 9.80 Å². The molecular formula is C28H28Br2N2Si. The second-order valence-electron chi connectivity index (χ2n) is 8.60. The molecule has 0 aliphatic heterocycles. The van der Waals surface area contributed by atoms with Crippen molar-refractivity contribution >= 4 is 72.1 Å². The van der Waals surface area contributed by atoms with Crippen molar-refractivity contribution < 1.29 is 0 Å². The van der Waals surface area contributed by atoms with Crippen LogP contribution in [0.3, 0.4) is 0 Å². The van der Waals surface area contributed by atoms with Crippen LogP contribution >= 0.6 is 31.9 Å². The molecule has 4 aromatic rings. The second kappa shape index (κ2) is 9.88. The van der Waals surface area contributed by atoms with Crippen molar-refractivity contribution in [3.63, 3.8) is 0 Å². The van der Waals surface area contributed by atoms with Gasteiger partial charge in [0.15, 0.2) is 8.07 Å². The molecule has 4 rings (SSSR count). The Morgan fingerprint density at radius 2 is 0.879 bits per heavy atom. The lowest BCUT2D eigenvalue weighted by molar-refractivity contribution is 1.13. The van der Waals surface area contributed by atoms with E-state index >= 15 is 0 Å². The Morgan fingerprint density at radius 1 is 0.515 bits per heavy atom. The number of nitrogens with zero attached hydrogens (tertiary/aromatic N) is 2. The van der Waals surface area contributed by atoms with Crippen molar-refractivity contribution in [2.75, 3.05) is 38.0 Å². The highest BCUT2D eigenvalue weighted by atomic mass is 79.9. The minimum absolute atomic E-state index is 1.13. The van der Waals surface area contributed by atoms with Crippen LogP contribution < -0.4 is 30.5 Å². The Labute approximate surface area is 215 Å². The highest BCUT2D eigenvalue weighted by molar-refractivity contribution is 9.11. The van der Waals surface area contributed by atoms with E-state index in [1.165, 1.54) is 32.1 Å². The molecule has 0 saturated carbocycles. The molecule has 0 amide bonds. The Morgan fingerprint density at radius 3 is 1.21 bits per heavy atom. The van der Waals surface area contributed by atoms with Gasteiger partial charge in [0.1, 0.15) is 0 Å². The van der Waals surface area contributed by atoms with E-state index in [0.29, 0.717) is 0 Å². The maximum atomic E-state index is 3.97. The van der Waals surface area contributed by atoms with Crippen molar-refractivity contribution in [1.82, 2.24) is 0 Å². The number of rotatable bonds is 6. The fourth-order valence-corrected chi connectivity index (χ4v) is 11.6. The molecule has 0 saturated heterocycles. The highest BCUT2D eigenvalue weighted by Crippen LogP contribution is 2.24. The van der Waals surface area contributed by atoms with Gasteiger partial charge in [0.05, 0.1) is 0 Å². The summed E-state index contributed by atoms with van der Waals surface area (Å²) in [7, 11) is 5.71. The summed E-state index contributed by atoms with van der Waals surface area (Å²) in [6.07, 6.45) is 0. The Bertz CT molecular complexity index is 1140. The lowest BCUT2D eigenvalue weighted by atomic mass is 10.3. The third kappa shape index (κ3) is 4.42. The summed E-state index contributed by atoms with van der Waals surface area (Å²) in [5.74, 6) is 0. The minimum atomic E-state index is -2.69. The van der Waals surface area contributed by atoms with Crippen molar-refractivity contribution in [3.05, 3.63) is 106 Å². The minimum Gasteiger partial charge on any atom is -0.378 e. The molecule has 0 spiro atoms. The summed E-state index contributed by atoms with van der Waals surface area (Å²) in [6.45, 7) is 0. The van der Waals surface area contributed by atoms with E-state index in [1.807, 2.05) is 0 Å². The number of benzene rings is 4. The molecule has 0 aliphatic rings. The van der Waals surface area contributed by atoms with Gasteiger partial charge in [-0.05, 0) is 57.1 Å². The van der Waals surface area contributed by atoms with Crippen molar-refractivity contribution in [3.8, 4) is 0 Å². The molecule has 0 heterocycles. The van der Waals surface area contributed by atoms with E-state index in [-0.39, 0.29) is 0 Å². The van der Waals surface area contributed by atoms with Gasteiger partial charge >= 0.3 is 0 Å². The van der Waals surface area contributed by atoms with Gasteiger partial charge in [-0.2, -0.15) is 0 Å². The van der Waals surface area contributed by atoms with Crippen LogP contribution in [-0.4, -0.2) is 36.3 Å². The number of anilines is 2. The monoisotopic (exact) mass is 578 g/mol. The van der Waals surface area contributed by atoms with Crippen LogP contribution in [0.2, 0.25) is 0 Å². The largest absolute Gasteiger partial charge is 0.378 e. The summed E-state index contributed by atoms with van der Waals surface area (Å²) in [5.41, 5.74) is 2.38. The predicted octanol–water partition coefficient (Wildman–Crippen LogP) is 4.72. The molecule has 168 valence electrons. The summed E-state index contributed by atoms with van der Waals surface area (Å²) < 4.78 is 2.27. The third-order valence-corrected chi connectivity index (χ3v) is 13.1. The Kier molecular flexibility index (Phi) is 7.12. The first-order valence-corrected chi connectivity index (χ1v) is 14.5. The standard InChI is InChI=1S/C28H28Br2N2Si/c1-31(2)21-15-17-25(29)27(19-21)33(23-11-7-5-8-12-23,24-13-9-6-10-14-24)28-20-22(32(3)4)16-18-26(28)30/h5-20H,1-4H3. The van der Waals surface area contributed by atoms with Gasteiger partial charge in [0.25, 0.3) is 0 Å². The zero-order chi connectivity index (χ0) is 23.6. The molecule has 0 fully saturated rings. The number of halogens is 2. The molecule has 2 nitrogen and oxygen atoms in total. The molecule has 0 N–H and O–H groups in total. The van der Waals surface area contributed by atoms with Crippen LogP contribution in [0.4, 0.5) is 11.4 Å². The molecule has 5 heteroatoms. The molecule has 0 bridgehead atoms. The van der Waals surface area contributed by atoms with Gasteiger partial charge in [-0.3, -0.25) is 0 Å². The summed E-state index contributed by atoms with van der Waals surface area (Å²) in [5, 5.41) is 5.37. The fraction of sp³-hybridized carbons (Fsp3) is 0.143. The van der Waals surface area contributed by atoms with Gasteiger partial charge in [0.2, 0.25) is 0 Å². The zero-order valence-corrected chi connectivity index (χ0v) is 23.6. The molecule has 0 aromatic heterocycles. The lowest BCUT2D eigenvalue weighted by Crippen LogP contribution is -2.75. The summed E-state index contributed by atoms with van der Waals surface area (Å²) in [6, 6.07) is 35.5. The Hall–Kier alpha value is -2.34. The van der Waals surface area contributed by atoms with Crippen LogP contribution in [-0.2, 0) is 0 Å². The average Bonchev–Trinajstić information content (AvgIpc) is 2.82. The van der Waals surface area contributed by atoms with Crippen LogP contribution in [0.15, 0.2) is 106 Å². The zero-order valence-electron chi connectivity index (χ0n) is 19.4. The molecule has 0 unspecified atom stereocenters. The van der Waals surface area contributed by atoms with Crippen molar-refractivity contribution in [2.24, 2.45) is 0 Å².